The van der Waals surface area contributed by atoms with E-state index in [4.69, 9.17) is 4.74 Å². The summed E-state index contributed by atoms with van der Waals surface area (Å²) in [4.78, 5) is 40.1. The van der Waals surface area contributed by atoms with Gasteiger partial charge in [-0.05, 0) is 24.6 Å². The van der Waals surface area contributed by atoms with E-state index in [0.717, 1.165) is 6.26 Å². The van der Waals surface area contributed by atoms with Crippen LogP contribution >= 0.6 is 0 Å². The van der Waals surface area contributed by atoms with Crippen LogP contribution in [0.2, 0.25) is 0 Å². The smallest absolute Gasteiger partial charge is 0.321 e. The monoisotopic (exact) mass is 424 g/mol. The molecule has 2 aliphatic heterocycles. The number of carbonyl (C=O) groups is 3. The van der Waals surface area contributed by atoms with Crippen molar-refractivity contribution in [2.45, 2.75) is 6.42 Å². The second kappa shape index (κ2) is 8.47. The highest BCUT2D eigenvalue weighted by atomic mass is 32.2. The average molecular weight is 424 g/mol. The molecular weight excluding hydrogens is 400 g/mol. The highest BCUT2D eigenvalue weighted by molar-refractivity contribution is 7.88. The number of imide groups is 1. The van der Waals surface area contributed by atoms with E-state index in [1.165, 1.54) is 26.2 Å². The van der Waals surface area contributed by atoms with Gasteiger partial charge in [0.1, 0.15) is 0 Å². The second-order valence-corrected chi connectivity index (χ2v) is 8.93. The molecule has 2 heterocycles. The van der Waals surface area contributed by atoms with Crippen LogP contribution in [0.5, 0.6) is 0 Å². The van der Waals surface area contributed by atoms with Gasteiger partial charge in [0, 0.05) is 52.1 Å². The first-order valence-corrected chi connectivity index (χ1v) is 11.1. The van der Waals surface area contributed by atoms with Crippen LogP contribution in [0.1, 0.15) is 27.1 Å². The molecular formula is C18H24N4O6S. The topological polar surface area (TPSA) is 116 Å². The molecule has 158 valence electrons. The summed E-state index contributed by atoms with van der Waals surface area (Å²) in [5.41, 5.74) is 0.971. The first-order chi connectivity index (χ1) is 13.7. The molecule has 0 radical (unpaired) electrons. The number of methoxy groups -OCH3 is 1. The zero-order chi connectivity index (χ0) is 21.2. The van der Waals surface area contributed by atoms with Crippen molar-refractivity contribution < 1.29 is 27.5 Å². The van der Waals surface area contributed by atoms with Crippen LogP contribution in [0.3, 0.4) is 0 Å². The minimum atomic E-state index is -3.27. The molecule has 1 fully saturated rings. The maximum absolute atomic E-state index is 12.5. The highest BCUT2D eigenvalue weighted by Crippen LogP contribution is 2.26. The van der Waals surface area contributed by atoms with Gasteiger partial charge in [-0.1, -0.05) is 0 Å². The summed E-state index contributed by atoms with van der Waals surface area (Å²) in [6, 6.07) is 4.22. The molecule has 11 heteroatoms. The first kappa shape index (κ1) is 21.2. The van der Waals surface area contributed by atoms with Gasteiger partial charge in [-0.2, -0.15) is 4.31 Å². The predicted octanol–water partition coefficient (Wildman–Crippen LogP) is 0.428. The molecule has 2 aliphatic rings. The standard InChI is InChI=1S/C18H24N4O6S/c1-28-11-3-6-22-16(23)14-5-4-13(12-15(14)17(22)24)19-18(25)20-7-9-21(10-8-20)29(2,26)27/h4-5,12H,3,6-11H2,1-2H3,(H,19,25). The molecule has 4 amide bonds. The number of anilines is 1. The quantitative estimate of drug-likeness (QED) is 0.523. The number of hydrogen-bond acceptors (Lipinski definition) is 6. The van der Waals surface area contributed by atoms with Crippen molar-refractivity contribution in [3.63, 3.8) is 0 Å². The minimum Gasteiger partial charge on any atom is -0.385 e. The molecule has 10 nitrogen and oxygen atoms in total. The average Bonchev–Trinajstić information content (AvgIpc) is 2.92. The van der Waals surface area contributed by atoms with E-state index in [9.17, 15) is 22.8 Å². The molecule has 0 atom stereocenters. The van der Waals surface area contributed by atoms with Gasteiger partial charge in [0.2, 0.25) is 10.0 Å². The molecule has 29 heavy (non-hydrogen) atoms. The number of rotatable bonds is 6. The lowest BCUT2D eigenvalue weighted by Gasteiger charge is -2.33. The fourth-order valence-corrected chi connectivity index (χ4v) is 4.19. The number of urea groups is 1. The third-order valence-electron chi connectivity index (χ3n) is 4.95. The number of amides is 4. The van der Waals surface area contributed by atoms with Gasteiger partial charge in [0.15, 0.2) is 0 Å². The number of carbonyl (C=O) groups excluding carboxylic acids is 3. The molecule has 0 aliphatic carbocycles. The Morgan fingerprint density at radius 1 is 1.10 bits per heavy atom. The number of sulfonamides is 1. The zero-order valence-corrected chi connectivity index (χ0v) is 17.2. The highest BCUT2D eigenvalue weighted by Gasteiger charge is 2.35. The largest absolute Gasteiger partial charge is 0.385 e. The Bertz CT molecular complexity index is 924. The number of hydrogen-bond donors (Lipinski definition) is 1. The fourth-order valence-electron chi connectivity index (χ4n) is 3.36. The molecule has 1 aromatic carbocycles. The van der Waals surface area contributed by atoms with E-state index in [2.05, 4.69) is 5.32 Å². The summed E-state index contributed by atoms with van der Waals surface area (Å²) in [5, 5.41) is 2.71. The third-order valence-corrected chi connectivity index (χ3v) is 6.25. The van der Waals surface area contributed by atoms with E-state index in [0.29, 0.717) is 24.3 Å². The van der Waals surface area contributed by atoms with Crippen molar-refractivity contribution in [1.29, 1.82) is 0 Å². The normalized spacial score (nSPS) is 17.6. The Morgan fingerprint density at radius 2 is 1.76 bits per heavy atom. The Labute approximate surface area is 169 Å². The molecule has 0 unspecified atom stereocenters. The molecule has 0 aromatic heterocycles. The van der Waals surface area contributed by atoms with Crippen LogP contribution in [0.4, 0.5) is 10.5 Å². The van der Waals surface area contributed by atoms with Crippen LogP contribution in [0.15, 0.2) is 18.2 Å². The summed E-state index contributed by atoms with van der Waals surface area (Å²) >= 11 is 0. The van der Waals surface area contributed by atoms with Crippen molar-refractivity contribution in [3.05, 3.63) is 29.3 Å². The maximum atomic E-state index is 12.5. The van der Waals surface area contributed by atoms with E-state index < -0.39 is 10.0 Å². The van der Waals surface area contributed by atoms with Crippen LogP contribution in [-0.4, -0.2) is 93.1 Å². The van der Waals surface area contributed by atoms with Crippen molar-refractivity contribution in [1.82, 2.24) is 14.1 Å². The number of nitrogens with zero attached hydrogens (tertiary/aromatic N) is 3. The van der Waals surface area contributed by atoms with Gasteiger partial charge in [-0.3, -0.25) is 14.5 Å². The first-order valence-electron chi connectivity index (χ1n) is 9.22. The fraction of sp³-hybridized carbons (Fsp3) is 0.500. The Balaban J connectivity index is 1.64. The summed E-state index contributed by atoms with van der Waals surface area (Å²) in [6.07, 6.45) is 1.69. The molecule has 3 rings (SSSR count). The van der Waals surface area contributed by atoms with Gasteiger partial charge < -0.3 is 15.0 Å². The van der Waals surface area contributed by atoms with Crippen molar-refractivity contribution in [2.75, 3.05) is 58.0 Å². The Morgan fingerprint density at radius 3 is 2.38 bits per heavy atom. The van der Waals surface area contributed by atoms with Crippen LogP contribution in [0.25, 0.3) is 0 Å². The lowest BCUT2D eigenvalue weighted by atomic mass is 10.1. The molecule has 0 spiro atoms. The Kier molecular flexibility index (Phi) is 6.20. The van der Waals surface area contributed by atoms with Gasteiger partial charge >= 0.3 is 6.03 Å². The summed E-state index contributed by atoms with van der Waals surface area (Å²) in [7, 11) is -1.72. The van der Waals surface area contributed by atoms with Crippen molar-refractivity contribution >= 4 is 33.6 Å². The van der Waals surface area contributed by atoms with Crippen molar-refractivity contribution in [3.8, 4) is 0 Å². The number of fused-ring (bicyclic) bond motifs is 1. The van der Waals surface area contributed by atoms with E-state index in [1.54, 1.807) is 13.2 Å². The van der Waals surface area contributed by atoms with E-state index in [-0.39, 0.29) is 56.1 Å². The van der Waals surface area contributed by atoms with Crippen LogP contribution < -0.4 is 5.32 Å². The van der Waals surface area contributed by atoms with Gasteiger partial charge in [0.25, 0.3) is 11.8 Å². The second-order valence-electron chi connectivity index (χ2n) is 6.95. The summed E-state index contributed by atoms with van der Waals surface area (Å²) in [5.74, 6) is -0.741. The van der Waals surface area contributed by atoms with Crippen molar-refractivity contribution in [2.24, 2.45) is 0 Å². The summed E-state index contributed by atoms with van der Waals surface area (Å²) in [6.45, 7) is 1.73. The zero-order valence-electron chi connectivity index (χ0n) is 16.4. The van der Waals surface area contributed by atoms with E-state index >= 15 is 0 Å². The minimum absolute atomic E-state index is 0.236. The molecule has 1 saturated heterocycles. The van der Waals surface area contributed by atoms with E-state index in [1.807, 2.05) is 0 Å². The number of piperazine rings is 1. The van der Waals surface area contributed by atoms with Gasteiger partial charge in [-0.25, -0.2) is 13.2 Å². The molecule has 0 saturated carbocycles. The predicted molar refractivity (Wildman–Crippen MR) is 105 cm³/mol. The van der Waals surface area contributed by atoms with Gasteiger partial charge in [-0.15, -0.1) is 0 Å². The molecule has 1 aromatic rings. The van der Waals surface area contributed by atoms with Crippen LogP contribution in [0, 0.1) is 0 Å². The SMILES string of the molecule is COCCCN1C(=O)c2ccc(NC(=O)N3CCN(S(C)(=O)=O)CC3)cc2C1=O. The molecule has 1 N–H and O–H groups in total. The Hall–Kier alpha value is -2.50. The maximum Gasteiger partial charge on any atom is 0.321 e. The summed E-state index contributed by atoms with van der Waals surface area (Å²) < 4.78 is 29.4. The lowest BCUT2D eigenvalue weighted by molar-refractivity contribution is 0.0638. The number of ether oxygens (including phenoxy) is 1. The van der Waals surface area contributed by atoms with Crippen LogP contribution in [-0.2, 0) is 14.8 Å². The number of nitrogens with one attached hydrogen (secondary N) is 1. The van der Waals surface area contributed by atoms with Gasteiger partial charge in [0.05, 0.1) is 17.4 Å². The lowest BCUT2D eigenvalue weighted by Crippen LogP contribution is -2.51. The molecule has 0 bridgehead atoms. The third kappa shape index (κ3) is 4.57. The number of benzene rings is 1.